The molecule has 0 aliphatic carbocycles. The zero-order valence-electron chi connectivity index (χ0n) is 41.2. The molecule has 0 radical (unpaired) electrons. The van der Waals surface area contributed by atoms with Gasteiger partial charge in [0.05, 0.1) is 22.0 Å². The topological polar surface area (TPSA) is 80.7 Å². The quantitative estimate of drug-likeness (QED) is 0.164. The van der Waals surface area contributed by atoms with Gasteiger partial charge in [0.1, 0.15) is 16.6 Å². The number of hydrogen-bond donors (Lipinski definition) is 1. The lowest BCUT2D eigenvalue weighted by atomic mass is 9.86. The second-order valence-electron chi connectivity index (χ2n) is 21.9. The summed E-state index contributed by atoms with van der Waals surface area (Å²) in [6, 6.07) is 38.6. The molecule has 0 amide bonds. The van der Waals surface area contributed by atoms with Crippen LogP contribution in [0.25, 0.3) is 53.2 Å². The molecule has 6 nitrogen and oxygen atoms in total. The fraction of sp³-hybridized carbons (Fsp3) is 0.351. The van der Waals surface area contributed by atoms with Gasteiger partial charge in [-0.05, 0) is 160 Å². The van der Waals surface area contributed by atoms with Gasteiger partial charge in [-0.25, -0.2) is 9.61 Å². The van der Waals surface area contributed by atoms with Crippen LogP contribution in [0, 0.1) is 0 Å². The highest BCUT2D eigenvalue weighted by Gasteiger charge is 2.17. The Hall–Kier alpha value is -5.57. The van der Waals surface area contributed by atoms with E-state index in [9.17, 15) is 0 Å². The smallest absolute Gasteiger partial charge is 0.135 e. The predicted octanol–water partition coefficient (Wildman–Crippen LogP) is 17.5. The van der Waals surface area contributed by atoms with Gasteiger partial charge in [-0.2, -0.15) is 0 Å². The van der Waals surface area contributed by atoms with Crippen molar-refractivity contribution < 1.29 is 9.05 Å². The van der Waals surface area contributed by atoms with Crippen molar-refractivity contribution in [1.29, 1.82) is 0 Å². The Kier molecular flexibility index (Phi) is 14.7. The van der Waals surface area contributed by atoms with Gasteiger partial charge < -0.3 is 9.40 Å². The molecule has 10 aromatic rings. The number of benzene rings is 5. The molecule has 340 valence electrons. The summed E-state index contributed by atoms with van der Waals surface area (Å²) in [6.07, 6.45) is 3.72. The van der Waals surface area contributed by atoms with Crippen LogP contribution in [0.1, 0.15) is 132 Å². The van der Waals surface area contributed by atoms with Crippen LogP contribution in [0.15, 0.2) is 142 Å². The number of aromatic amines is 1. The summed E-state index contributed by atoms with van der Waals surface area (Å²) in [5.41, 5.74) is 14.7. The zero-order valence-corrected chi connectivity index (χ0v) is 42.8. The number of nitrogens with zero attached hydrogens (tertiary/aromatic N) is 3. The predicted molar refractivity (Wildman–Crippen MR) is 281 cm³/mol. The monoisotopic (exact) mass is 904 g/mol. The van der Waals surface area contributed by atoms with Crippen molar-refractivity contribution in [3.63, 3.8) is 0 Å². The first-order valence-electron chi connectivity index (χ1n) is 22.5. The van der Waals surface area contributed by atoms with Gasteiger partial charge in [0, 0.05) is 21.8 Å². The molecule has 5 heterocycles. The fourth-order valence-corrected chi connectivity index (χ4v) is 8.39. The molecule has 5 aromatic heterocycles. The Morgan fingerprint density at radius 3 is 1.57 bits per heavy atom. The minimum atomic E-state index is 0.146. The number of hydrogen-bond acceptors (Lipinski definition) is 7. The molecule has 65 heavy (non-hydrogen) atoms. The first-order chi connectivity index (χ1) is 30.4. The van der Waals surface area contributed by atoms with Crippen molar-refractivity contribution in [2.45, 2.75) is 131 Å². The molecule has 0 fully saturated rings. The summed E-state index contributed by atoms with van der Waals surface area (Å²) < 4.78 is 12.6. The largest absolute Gasteiger partial charge is 0.464 e. The minimum absolute atomic E-state index is 0.146. The second-order valence-corrected chi connectivity index (χ2v) is 23.7. The Bertz CT molecular complexity index is 2600. The van der Waals surface area contributed by atoms with Crippen LogP contribution in [0.2, 0.25) is 0 Å². The minimum Gasteiger partial charge on any atom is -0.464 e. The van der Waals surface area contributed by atoms with E-state index in [1.807, 2.05) is 36.0 Å². The molecule has 0 aliphatic heterocycles. The number of nitrogens with one attached hydrogen (secondary N) is 1. The highest BCUT2D eigenvalue weighted by Crippen LogP contribution is 2.31. The SMILES string of the molecule is CC(C)(C)c1ccc2[nH]ccc2c1.CC(C)(C)c1ccc2nonc2c1.CC(C)(C)c1ccc2occc2c1.CC(C)(C)c1ccc2sccc2c1.CC(C)(C)c1ccc2scnc2c1. The maximum atomic E-state index is 5.29. The summed E-state index contributed by atoms with van der Waals surface area (Å²) in [5.74, 6) is 0. The molecule has 0 bridgehead atoms. The maximum Gasteiger partial charge on any atom is 0.135 e. The molecule has 0 saturated heterocycles. The Morgan fingerprint density at radius 2 is 0.938 bits per heavy atom. The molecule has 1 N–H and O–H groups in total. The van der Waals surface area contributed by atoms with E-state index < -0.39 is 0 Å². The first-order valence-corrected chi connectivity index (χ1v) is 24.2. The van der Waals surface area contributed by atoms with E-state index in [1.54, 1.807) is 28.9 Å². The van der Waals surface area contributed by atoms with Crippen molar-refractivity contribution in [1.82, 2.24) is 20.3 Å². The number of thiophene rings is 1. The molecule has 0 saturated carbocycles. The maximum absolute atomic E-state index is 5.29. The van der Waals surface area contributed by atoms with Gasteiger partial charge in [0.2, 0.25) is 0 Å². The van der Waals surface area contributed by atoms with Crippen LogP contribution in [0.4, 0.5) is 0 Å². The average Bonchev–Trinajstić information content (AvgIpc) is 4.09. The lowest BCUT2D eigenvalue weighted by molar-refractivity contribution is 0.315. The summed E-state index contributed by atoms with van der Waals surface area (Å²) >= 11 is 3.50. The first kappa shape index (κ1) is 48.9. The van der Waals surface area contributed by atoms with E-state index in [-0.39, 0.29) is 27.1 Å². The van der Waals surface area contributed by atoms with Crippen LogP contribution >= 0.6 is 22.7 Å². The van der Waals surface area contributed by atoms with Crippen molar-refractivity contribution in [3.8, 4) is 0 Å². The number of furan rings is 1. The fourth-order valence-electron chi connectivity index (χ4n) is 6.96. The molecule has 10 rings (SSSR count). The molecule has 5 aromatic carbocycles. The third kappa shape index (κ3) is 13.0. The molecule has 0 atom stereocenters. The second kappa shape index (κ2) is 19.5. The summed E-state index contributed by atoms with van der Waals surface area (Å²) in [4.78, 5) is 7.51. The molecule has 0 aliphatic rings. The molecular weight excluding hydrogens is 837 g/mol. The van der Waals surface area contributed by atoms with Crippen LogP contribution in [0.3, 0.4) is 0 Å². The van der Waals surface area contributed by atoms with Crippen LogP contribution in [-0.4, -0.2) is 20.3 Å². The lowest BCUT2D eigenvalue weighted by Gasteiger charge is -2.18. The number of H-pyrrole nitrogens is 1. The van der Waals surface area contributed by atoms with Crippen molar-refractivity contribution in [3.05, 3.63) is 160 Å². The van der Waals surface area contributed by atoms with Gasteiger partial charge in [-0.3, -0.25) is 0 Å². The highest BCUT2D eigenvalue weighted by molar-refractivity contribution is 7.17. The zero-order chi connectivity index (χ0) is 47.4. The van der Waals surface area contributed by atoms with E-state index in [0.29, 0.717) is 0 Å². The summed E-state index contributed by atoms with van der Waals surface area (Å²) in [7, 11) is 0. The number of rotatable bonds is 0. The third-order valence-electron chi connectivity index (χ3n) is 11.4. The Labute approximate surface area is 394 Å². The third-order valence-corrected chi connectivity index (χ3v) is 13.1. The normalized spacial score (nSPS) is 12.2. The van der Waals surface area contributed by atoms with E-state index in [4.69, 9.17) is 4.42 Å². The Morgan fingerprint density at radius 1 is 0.431 bits per heavy atom. The Balaban J connectivity index is 0.000000135. The van der Waals surface area contributed by atoms with E-state index >= 15 is 0 Å². The lowest BCUT2D eigenvalue weighted by Crippen LogP contribution is -2.10. The number of thiazole rings is 1. The number of aromatic nitrogens is 4. The summed E-state index contributed by atoms with van der Waals surface area (Å²) in [5, 5.41) is 13.6. The van der Waals surface area contributed by atoms with Crippen molar-refractivity contribution in [2.24, 2.45) is 0 Å². The van der Waals surface area contributed by atoms with Gasteiger partial charge in [-0.15, -0.1) is 22.7 Å². The van der Waals surface area contributed by atoms with Crippen molar-refractivity contribution in [2.75, 3.05) is 0 Å². The average molecular weight is 905 g/mol. The summed E-state index contributed by atoms with van der Waals surface area (Å²) in [6.45, 7) is 33.3. The molecule has 8 heteroatoms. The van der Waals surface area contributed by atoms with Crippen LogP contribution in [0.5, 0.6) is 0 Å². The van der Waals surface area contributed by atoms with Crippen LogP contribution < -0.4 is 0 Å². The van der Waals surface area contributed by atoms with E-state index in [1.165, 1.54) is 58.9 Å². The molecule has 0 unspecified atom stereocenters. The van der Waals surface area contributed by atoms with Crippen molar-refractivity contribution >= 4 is 75.9 Å². The van der Waals surface area contributed by atoms with E-state index in [0.717, 1.165) is 22.1 Å². The standard InChI is InChI=1S/C12H15N.C12H14O.C12H14S.C11H13NS.C10H12N2O/c3*1-12(2,3)10-4-5-11-9(8-10)6-7-13-11;1-11(2,3)8-4-5-10-9(6-8)12-7-13-10;1-10(2,3)7-4-5-8-9(6-7)12-13-11-8/h4-8,13H,1-3H3;2*4-8H,1-3H3;4-7H,1-3H3;4-6H,1-3H3. The van der Waals surface area contributed by atoms with Crippen LogP contribution in [-0.2, 0) is 27.1 Å². The van der Waals surface area contributed by atoms with Gasteiger partial charge in [0.25, 0.3) is 0 Å². The molecule has 0 spiro atoms. The van der Waals surface area contributed by atoms with E-state index in [2.05, 4.69) is 219 Å². The molecular formula is C57H68N4O2S2. The van der Waals surface area contributed by atoms with Gasteiger partial charge in [-0.1, -0.05) is 134 Å². The highest BCUT2D eigenvalue weighted by atomic mass is 32.1. The number of fused-ring (bicyclic) bond motifs is 5. The van der Waals surface area contributed by atoms with Gasteiger partial charge >= 0.3 is 0 Å². The van der Waals surface area contributed by atoms with Gasteiger partial charge in [0.15, 0.2) is 0 Å².